The van der Waals surface area contributed by atoms with Crippen LogP contribution >= 0.6 is 0 Å². The summed E-state index contributed by atoms with van der Waals surface area (Å²) < 4.78 is 4.87. The highest BCUT2D eigenvalue weighted by atomic mass is 16.6. The van der Waals surface area contributed by atoms with Crippen molar-refractivity contribution in [3.63, 3.8) is 0 Å². The fraction of sp³-hybridized carbons (Fsp3) is 0.917. The summed E-state index contributed by atoms with van der Waals surface area (Å²) in [6.45, 7) is 4.29. The number of rotatable bonds is 2. The van der Waals surface area contributed by atoms with Crippen molar-refractivity contribution in [2.45, 2.75) is 25.8 Å². The summed E-state index contributed by atoms with van der Waals surface area (Å²) in [5.41, 5.74) is -1.65. The Kier molecular flexibility index (Phi) is 1.22. The van der Waals surface area contributed by atoms with Crippen LogP contribution in [-0.4, -0.2) is 23.5 Å². The highest BCUT2D eigenvalue weighted by Gasteiger charge is 3.08. The Morgan fingerprint density at radius 3 is 2.53 bits per heavy atom. The van der Waals surface area contributed by atoms with Gasteiger partial charge >= 0.3 is 5.97 Å². The number of carbonyl (C=O) groups excluding carboxylic acids is 1. The minimum Gasteiger partial charge on any atom is -0.468 e. The smallest absolute Gasteiger partial charge is 0.319 e. The van der Waals surface area contributed by atoms with Gasteiger partial charge in [0.2, 0.25) is 5.54 Å². The van der Waals surface area contributed by atoms with Crippen LogP contribution < -0.4 is 0 Å². The van der Waals surface area contributed by atoms with Gasteiger partial charge in [-0.3, -0.25) is 14.9 Å². The monoisotopic (exact) mass is 237 g/mol. The highest BCUT2D eigenvalue weighted by Crippen LogP contribution is 2.97. The van der Waals surface area contributed by atoms with Crippen LogP contribution in [0.3, 0.4) is 0 Å². The third kappa shape index (κ3) is 0.519. The second-order valence-corrected chi connectivity index (χ2v) is 6.71. The number of ether oxygens (including phenoxy) is 1. The predicted octanol–water partition coefficient (Wildman–Crippen LogP) is 1.10. The summed E-state index contributed by atoms with van der Waals surface area (Å²) in [6, 6.07) is 0. The molecule has 0 N–H and O–H groups in total. The van der Waals surface area contributed by atoms with E-state index in [4.69, 9.17) is 4.74 Å². The van der Waals surface area contributed by atoms with Crippen molar-refractivity contribution in [3.05, 3.63) is 10.1 Å². The van der Waals surface area contributed by atoms with Gasteiger partial charge < -0.3 is 4.74 Å². The van der Waals surface area contributed by atoms with Crippen molar-refractivity contribution >= 4 is 5.97 Å². The van der Waals surface area contributed by atoms with Crippen LogP contribution in [0.4, 0.5) is 0 Å². The van der Waals surface area contributed by atoms with E-state index in [0.717, 1.165) is 0 Å². The number of fused-ring (bicyclic) bond motifs is 2. The van der Waals surface area contributed by atoms with Gasteiger partial charge in [0.1, 0.15) is 5.41 Å². The molecule has 0 aromatic carbocycles. The minimum absolute atomic E-state index is 0.0829. The van der Waals surface area contributed by atoms with Crippen LogP contribution in [-0.2, 0) is 9.53 Å². The average molecular weight is 237 g/mol. The van der Waals surface area contributed by atoms with Crippen LogP contribution in [0.2, 0.25) is 0 Å². The molecule has 0 bridgehead atoms. The largest absolute Gasteiger partial charge is 0.468 e. The zero-order chi connectivity index (χ0) is 12.4. The van der Waals surface area contributed by atoms with Gasteiger partial charge in [0.25, 0.3) is 0 Å². The topological polar surface area (TPSA) is 69.4 Å². The molecule has 6 atom stereocenters. The molecule has 0 radical (unpaired) electrons. The number of carbonyl (C=O) groups is 1. The Labute approximate surface area is 98.7 Å². The Hall–Kier alpha value is -1.13. The number of methoxy groups -OCH3 is 1. The SMILES string of the molecule is COC(=O)C12CC3C4C(C1C4(C)C)C32[N+](=O)[O-]. The molecule has 0 saturated heterocycles. The number of nitrogens with zero attached hydrogens (tertiary/aromatic N) is 1. The normalized spacial score (nSPS) is 58.5. The Morgan fingerprint density at radius 2 is 2.06 bits per heavy atom. The molecule has 17 heavy (non-hydrogen) atoms. The molecule has 4 aliphatic carbocycles. The zero-order valence-electron chi connectivity index (χ0n) is 10.1. The maximum atomic E-state index is 12.0. The molecule has 4 rings (SSSR count). The maximum absolute atomic E-state index is 12.0. The lowest BCUT2D eigenvalue weighted by Crippen LogP contribution is -3.04. The molecule has 0 aliphatic heterocycles. The lowest BCUT2D eigenvalue weighted by Gasteiger charge is -2.93. The van der Waals surface area contributed by atoms with E-state index in [1.54, 1.807) is 0 Å². The first-order valence-corrected chi connectivity index (χ1v) is 6.11. The average Bonchev–Trinajstić information content (AvgIpc) is 2.25. The molecule has 4 fully saturated rings. The van der Waals surface area contributed by atoms with E-state index in [9.17, 15) is 14.9 Å². The van der Waals surface area contributed by atoms with Crippen LogP contribution in [0.15, 0.2) is 0 Å². The molecule has 5 nitrogen and oxygen atoms in total. The third-order valence-corrected chi connectivity index (χ3v) is 6.55. The van der Waals surface area contributed by atoms with Crippen molar-refractivity contribution in [3.8, 4) is 0 Å². The Balaban J connectivity index is 1.85. The van der Waals surface area contributed by atoms with Crippen LogP contribution in [0.1, 0.15) is 20.3 Å². The van der Waals surface area contributed by atoms with Gasteiger partial charge in [-0.15, -0.1) is 0 Å². The van der Waals surface area contributed by atoms with E-state index in [2.05, 4.69) is 13.8 Å². The molecular weight excluding hydrogens is 222 g/mol. The highest BCUT2D eigenvalue weighted by molar-refractivity contribution is 5.86. The van der Waals surface area contributed by atoms with E-state index in [0.29, 0.717) is 12.3 Å². The first-order chi connectivity index (χ1) is 7.88. The molecule has 0 aromatic heterocycles. The number of hydrogen-bond acceptors (Lipinski definition) is 4. The third-order valence-electron chi connectivity index (χ3n) is 6.55. The Morgan fingerprint density at radius 1 is 1.41 bits per heavy atom. The van der Waals surface area contributed by atoms with E-state index in [1.165, 1.54) is 7.11 Å². The van der Waals surface area contributed by atoms with Gasteiger partial charge in [0.05, 0.1) is 7.11 Å². The first kappa shape index (κ1) is 9.85. The van der Waals surface area contributed by atoms with Crippen LogP contribution in [0.25, 0.3) is 0 Å². The molecule has 4 saturated carbocycles. The maximum Gasteiger partial charge on any atom is 0.319 e. The summed E-state index contributed by atoms with van der Waals surface area (Å²) in [6.07, 6.45) is 0.677. The first-order valence-electron chi connectivity index (χ1n) is 6.11. The van der Waals surface area contributed by atoms with Crippen molar-refractivity contribution in [1.82, 2.24) is 0 Å². The van der Waals surface area contributed by atoms with Crippen molar-refractivity contribution in [1.29, 1.82) is 0 Å². The van der Waals surface area contributed by atoms with Gasteiger partial charge in [-0.05, 0) is 23.7 Å². The van der Waals surface area contributed by atoms with Gasteiger partial charge in [-0.1, -0.05) is 13.8 Å². The van der Waals surface area contributed by atoms with E-state index in [1.807, 2.05) is 0 Å². The van der Waals surface area contributed by atoms with E-state index in [-0.39, 0.29) is 34.1 Å². The fourth-order valence-electron chi connectivity index (χ4n) is 6.41. The lowest BCUT2D eigenvalue weighted by atomic mass is 9.06. The standard InChI is InChI=1S/C12H15NO4/c1-10(2)6-5-4-11(9(14)17-3)8(10)7(6)12(5,11)13(15)16/h5-8H,4H2,1-3H3. The quantitative estimate of drug-likeness (QED) is 0.409. The van der Waals surface area contributed by atoms with Crippen molar-refractivity contribution in [2.75, 3.05) is 7.11 Å². The van der Waals surface area contributed by atoms with E-state index >= 15 is 0 Å². The lowest BCUT2D eigenvalue weighted by molar-refractivity contribution is -0.742. The van der Waals surface area contributed by atoms with Gasteiger partial charge in [-0.25, -0.2) is 0 Å². The molecule has 5 heteroatoms. The Bertz CT molecular complexity index is 479. The van der Waals surface area contributed by atoms with Crippen molar-refractivity contribution < 1.29 is 14.5 Å². The molecule has 0 heterocycles. The summed E-state index contributed by atoms with van der Waals surface area (Å²) >= 11 is 0. The van der Waals surface area contributed by atoms with Crippen molar-refractivity contribution in [2.24, 2.45) is 34.5 Å². The summed E-state index contributed by atoms with van der Waals surface area (Å²) in [5, 5.41) is 11.4. The molecule has 0 aromatic rings. The molecule has 0 amide bonds. The summed E-state index contributed by atoms with van der Waals surface area (Å²) in [7, 11) is 1.34. The molecule has 92 valence electrons. The summed E-state index contributed by atoms with van der Waals surface area (Å²) in [4.78, 5) is 23.3. The second-order valence-electron chi connectivity index (χ2n) is 6.71. The van der Waals surface area contributed by atoms with E-state index < -0.39 is 11.0 Å². The van der Waals surface area contributed by atoms with Crippen LogP contribution in [0, 0.1) is 44.6 Å². The second kappa shape index (κ2) is 2.10. The minimum atomic E-state index is -0.940. The predicted molar refractivity (Wildman–Crippen MR) is 56.5 cm³/mol. The molecule has 0 spiro atoms. The fourth-order valence-corrected chi connectivity index (χ4v) is 6.41. The van der Waals surface area contributed by atoms with Gasteiger partial charge in [-0.2, -0.15) is 0 Å². The number of hydrogen-bond donors (Lipinski definition) is 0. The number of esters is 1. The molecular formula is C12H15NO4. The number of nitro groups is 1. The zero-order valence-corrected chi connectivity index (χ0v) is 10.1. The summed E-state index contributed by atoms with van der Waals surface area (Å²) in [5.74, 6) is 0.539. The van der Waals surface area contributed by atoms with Crippen LogP contribution in [0.5, 0.6) is 0 Å². The molecule has 4 aliphatic rings. The molecule has 6 unspecified atom stereocenters. The van der Waals surface area contributed by atoms with Gasteiger partial charge in [0.15, 0.2) is 0 Å². The van der Waals surface area contributed by atoms with Gasteiger partial charge in [0, 0.05) is 16.8 Å².